The summed E-state index contributed by atoms with van der Waals surface area (Å²) in [7, 11) is 0. The summed E-state index contributed by atoms with van der Waals surface area (Å²) in [6.07, 6.45) is 6.95. The van der Waals surface area contributed by atoms with E-state index in [-0.39, 0.29) is 36.2 Å². The monoisotopic (exact) mass is 580 g/mol. The molecule has 0 radical (unpaired) electrons. The number of nitrogens with one attached hydrogen (secondary N) is 1. The van der Waals surface area contributed by atoms with Crippen LogP contribution in [0.15, 0.2) is 78.0 Å². The molecule has 2 amide bonds. The highest BCUT2D eigenvalue weighted by Gasteiger charge is 2.52. The van der Waals surface area contributed by atoms with Gasteiger partial charge in [-0.05, 0) is 91.0 Å². The number of aromatic nitrogens is 1. The Morgan fingerprint density at radius 1 is 1.00 bits per heavy atom. The van der Waals surface area contributed by atoms with Crippen molar-refractivity contribution in [2.75, 3.05) is 6.54 Å². The van der Waals surface area contributed by atoms with E-state index in [2.05, 4.69) is 31.1 Å². The van der Waals surface area contributed by atoms with Gasteiger partial charge in [0.05, 0.1) is 12.5 Å². The fourth-order valence-corrected chi connectivity index (χ4v) is 6.47. The first-order valence-corrected chi connectivity index (χ1v) is 15.0. The van der Waals surface area contributed by atoms with Crippen molar-refractivity contribution in [2.24, 2.45) is 16.3 Å². The van der Waals surface area contributed by atoms with Crippen molar-refractivity contribution in [3.8, 4) is 11.1 Å². The summed E-state index contributed by atoms with van der Waals surface area (Å²) in [5.41, 5.74) is 4.24. The standard InChI is InChI=1S/C35H40N4O4/c1-23(24-8-10-26(11-9-24)32(42)37-21-16-30(40)41)39-33(43)31(38-35(39)17-12-29(13-18-35)34(2,3)4)28-7-5-6-27(22-28)25-14-19-36-20-15-25/h5-11,14-15,19-20,22-23,29H,12-13,16-18,21H2,1-4H3,(H,37,42)(H,40,41)/t23-,29?,35?/m1/s1. The van der Waals surface area contributed by atoms with Gasteiger partial charge in [0.25, 0.3) is 11.8 Å². The molecule has 0 bridgehead atoms. The molecule has 0 saturated heterocycles. The average molecular weight is 581 g/mol. The Bertz CT molecular complexity index is 1520. The minimum absolute atomic E-state index is 0.0646. The van der Waals surface area contributed by atoms with E-state index < -0.39 is 11.6 Å². The van der Waals surface area contributed by atoms with Gasteiger partial charge in [0.15, 0.2) is 0 Å². The van der Waals surface area contributed by atoms with Gasteiger partial charge in [-0.3, -0.25) is 24.4 Å². The second-order valence-corrected chi connectivity index (χ2v) is 12.8. The van der Waals surface area contributed by atoms with Gasteiger partial charge in [0, 0.05) is 30.1 Å². The van der Waals surface area contributed by atoms with Crippen LogP contribution in [0.1, 0.15) is 87.3 Å². The molecule has 2 N–H and O–H groups in total. The molecule has 2 heterocycles. The Morgan fingerprint density at radius 3 is 2.28 bits per heavy atom. The van der Waals surface area contributed by atoms with Crippen LogP contribution in [0.4, 0.5) is 0 Å². The lowest BCUT2D eigenvalue weighted by Crippen LogP contribution is -2.50. The third-order valence-corrected chi connectivity index (χ3v) is 9.02. The van der Waals surface area contributed by atoms with E-state index >= 15 is 0 Å². The molecule has 0 unspecified atom stereocenters. The molecule has 2 aromatic carbocycles. The Kier molecular flexibility index (Phi) is 8.49. The fraction of sp³-hybridized carbons (Fsp3) is 0.400. The summed E-state index contributed by atoms with van der Waals surface area (Å²) >= 11 is 0. The van der Waals surface area contributed by atoms with E-state index in [0.29, 0.717) is 17.2 Å². The summed E-state index contributed by atoms with van der Waals surface area (Å²) in [6.45, 7) is 8.95. The number of carboxylic acid groups (broad SMARTS) is 1. The molecule has 8 heteroatoms. The van der Waals surface area contributed by atoms with Crippen LogP contribution in [0, 0.1) is 11.3 Å². The maximum absolute atomic E-state index is 14.3. The van der Waals surface area contributed by atoms with Crippen molar-refractivity contribution in [1.82, 2.24) is 15.2 Å². The maximum atomic E-state index is 14.3. The molecule has 8 nitrogen and oxygen atoms in total. The predicted molar refractivity (Wildman–Crippen MR) is 167 cm³/mol. The summed E-state index contributed by atoms with van der Waals surface area (Å²) in [5.74, 6) is -0.812. The van der Waals surface area contributed by atoms with Crippen LogP contribution in [0.3, 0.4) is 0 Å². The van der Waals surface area contributed by atoms with Crippen LogP contribution < -0.4 is 5.32 Å². The zero-order valence-corrected chi connectivity index (χ0v) is 25.3. The number of carbonyl (C=O) groups excluding carboxylic acids is 2. The van der Waals surface area contributed by atoms with Crippen molar-refractivity contribution in [3.05, 3.63) is 89.7 Å². The van der Waals surface area contributed by atoms with Crippen molar-refractivity contribution < 1.29 is 19.5 Å². The van der Waals surface area contributed by atoms with E-state index in [9.17, 15) is 14.4 Å². The van der Waals surface area contributed by atoms with Gasteiger partial charge < -0.3 is 15.3 Å². The molecule has 5 rings (SSSR count). The molecule has 1 fully saturated rings. The normalized spacial score (nSPS) is 21.0. The number of carbonyl (C=O) groups is 3. The number of aliphatic imine (C=N–C) groups is 1. The number of carboxylic acids is 1. The van der Waals surface area contributed by atoms with Gasteiger partial charge in [-0.25, -0.2) is 0 Å². The van der Waals surface area contributed by atoms with Gasteiger partial charge in [0.1, 0.15) is 11.4 Å². The van der Waals surface area contributed by atoms with Crippen LogP contribution >= 0.6 is 0 Å². The number of hydrogen-bond donors (Lipinski definition) is 2. The number of hydrogen-bond acceptors (Lipinski definition) is 5. The van der Waals surface area contributed by atoms with Crippen molar-refractivity contribution in [2.45, 2.75) is 71.5 Å². The first kappa shape index (κ1) is 30.1. The third-order valence-electron chi connectivity index (χ3n) is 9.02. The largest absolute Gasteiger partial charge is 0.481 e. The SMILES string of the molecule is C[C@H](c1ccc(C(=O)NCCC(=O)O)cc1)N1C(=O)C(c2cccc(-c3ccncc3)c2)=NC12CCC(C(C)(C)C)CC2. The molecule has 1 aromatic heterocycles. The summed E-state index contributed by atoms with van der Waals surface area (Å²) in [5, 5.41) is 11.5. The number of benzene rings is 2. The Morgan fingerprint density at radius 2 is 1.65 bits per heavy atom. The molecular formula is C35H40N4O4. The van der Waals surface area contributed by atoms with Crippen LogP contribution in [-0.4, -0.2) is 50.7 Å². The second kappa shape index (κ2) is 12.1. The van der Waals surface area contributed by atoms with Gasteiger partial charge in [0.2, 0.25) is 0 Å². The maximum Gasteiger partial charge on any atom is 0.305 e. The second-order valence-electron chi connectivity index (χ2n) is 12.8. The Balaban J connectivity index is 1.45. The lowest BCUT2D eigenvalue weighted by Gasteiger charge is -2.46. The number of aliphatic carboxylic acids is 1. The lowest BCUT2D eigenvalue weighted by molar-refractivity contribution is -0.137. The van der Waals surface area contributed by atoms with Gasteiger partial charge >= 0.3 is 5.97 Å². The first-order chi connectivity index (χ1) is 20.5. The molecule has 43 heavy (non-hydrogen) atoms. The van der Waals surface area contributed by atoms with Crippen LogP contribution in [0.5, 0.6) is 0 Å². The summed E-state index contributed by atoms with van der Waals surface area (Å²) in [6, 6.07) is 18.8. The Labute approximate surface area is 253 Å². The van der Waals surface area contributed by atoms with Crippen LogP contribution in [0.2, 0.25) is 0 Å². The number of pyridine rings is 1. The van der Waals surface area contributed by atoms with Crippen LogP contribution in [-0.2, 0) is 9.59 Å². The minimum Gasteiger partial charge on any atom is -0.481 e. The highest BCUT2D eigenvalue weighted by molar-refractivity contribution is 6.47. The van der Waals surface area contributed by atoms with Crippen molar-refractivity contribution in [3.63, 3.8) is 0 Å². The topological polar surface area (TPSA) is 112 Å². The number of amides is 2. The molecule has 2 aliphatic rings. The summed E-state index contributed by atoms with van der Waals surface area (Å²) in [4.78, 5) is 49.0. The predicted octanol–water partition coefficient (Wildman–Crippen LogP) is 6.28. The smallest absolute Gasteiger partial charge is 0.305 e. The van der Waals surface area contributed by atoms with Gasteiger partial charge in [-0.2, -0.15) is 0 Å². The first-order valence-electron chi connectivity index (χ1n) is 15.0. The van der Waals surface area contributed by atoms with E-state index in [4.69, 9.17) is 10.1 Å². The zero-order valence-electron chi connectivity index (χ0n) is 25.3. The van der Waals surface area contributed by atoms with E-state index in [1.165, 1.54) is 0 Å². The van der Waals surface area contributed by atoms with Crippen LogP contribution in [0.25, 0.3) is 11.1 Å². The number of rotatable bonds is 8. The molecule has 1 atom stereocenters. The van der Waals surface area contributed by atoms with Crippen molar-refractivity contribution >= 4 is 23.5 Å². The van der Waals surface area contributed by atoms with E-state index in [1.807, 2.05) is 60.4 Å². The van der Waals surface area contributed by atoms with Gasteiger partial charge in [-0.1, -0.05) is 51.1 Å². The molecule has 1 spiro atoms. The molecular weight excluding hydrogens is 540 g/mol. The van der Waals surface area contributed by atoms with Crippen molar-refractivity contribution in [1.29, 1.82) is 0 Å². The zero-order chi connectivity index (χ0) is 30.8. The molecule has 1 saturated carbocycles. The van der Waals surface area contributed by atoms with E-state index in [0.717, 1.165) is 47.9 Å². The molecule has 1 aliphatic carbocycles. The number of nitrogens with zero attached hydrogens (tertiary/aromatic N) is 3. The van der Waals surface area contributed by atoms with E-state index in [1.54, 1.807) is 24.5 Å². The van der Waals surface area contributed by atoms with Gasteiger partial charge in [-0.15, -0.1) is 0 Å². The third kappa shape index (κ3) is 6.38. The molecule has 3 aromatic rings. The average Bonchev–Trinajstić information content (AvgIpc) is 3.27. The quantitative estimate of drug-likeness (QED) is 0.326. The minimum atomic E-state index is -0.962. The molecule has 224 valence electrons. The highest BCUT2D eigenvalue weighted by atomic mass is 16.4. The lowest BCUT2D eigenvalue weighted by atomic mass is 9.69. The fourth-order valence-electron chi connectivity index (χ4n) is 6.47. The highest BCUT2D eigenvalue weighted by Crippen LogP contribution is 2.49. The Hall–Kier alpha value is -4.33. The summed E-state index contributed by atoms with van der Waals surface area (Å²) < 4.78 is 0. The molecule has 1 aliphatic heterocycles.